The molecule has 5 heteroatoms. The van der Waals surface area contributed by atoms with E-state index in [2.05, 4.69) is 16.8 Å². The largest absolute Gasteiger partial charge is 0.334 e. The van der Waals surface area contributed by atoms with Crippen molar-refractivity contribution in [1.82, 2.24) is 14.8 Å². The van der Waals surface area contributed by atoms with Crippen molar-refractivity contribution in [2.45, 2.75) is 26.4 Å². The second kappa shape index (κ2) is 7.21. The van der Waals surface area contributed by atoms with Crippen molar-refractivity contribution in [2.75, 3.05) is 27.2 Å². The Hall–Kier alpha value is -1.46. The van der Waals surface area contributed by atoms with Crippen LogP contribution in [-0.2, 0) is 6.54 Å². The highest BCUT2D eigenvalue weighted by Crippen LogP contribution is 2.08. The van der Waals surface area contributed by atoms with Crippen LogP contribution in [0, 0.1) is 0 Å². The molecule has 0 radical (unpaired) electrons. The molecule has 2 N–H and O–H groups in total. The fraction of sp³-hybridized carbons (Fsp3) is 0.571. The first-order chi connectivity index (χ1) is 8.99. The van der Waals surface area contributed by atoms with Crippen LogP contribution in [0.2, 0.25) is 0 Å². The number of amides is 1. The van der Waals surface area contributed by atoms with Gasteiger partial charge in [-0.15, -0.1) is 0 Å². The topological polar surface area (TPSA) is 62.5 Å². The van der Waals surface area contributed by atoms with Crippen LogP contribution < -0.4 is 5.73 Å². The third-order valence-corrected chi connectivity index (χ3v) is 3.04. The van der Waals surface area contributed by atoms with E-state index < -0.39 is 0 Å². The lowest BCUT2D eigenvalue weighted by Crippen LogP contribution is -2.44. The highest BCUT2D eigenvalue weighted by molar-refractivity contribution is 5.92. The van der Waals surface area contributed by atoms with Crippen LogP contribution in [0.5, 0.6) is 0 Å². The fourth-order valence-electron chi connectivity index (χ4n) is 2.10. The highest BCUT2D eigenvalue weighted by atomic mass is 16.2. The molecule has 1 rings (SSSR count). The first kappa shape index (κ1) is 15.6. The molecule has 106 valence electrons. The number of aromatic nitrogens is 1. The summed E-state index contributed by atoms with van der Waals surface area (Å²) in [6.07, 6.45) is 1.66. The average Bonchev–Trinajstić information content (AvgIpc) is 2.38. The second-order valence-corrected chi connectivity index (χ2v) is 4.96. The van der Waals surface area contributed by atoms with Crippen LogP contribution in [0.4, 0.5) is 0 Å². The lowest BCUT2D eigenvalue weighted by Gasteiger charge is -2.29. The number of nitrogens with two attached hydrogens (primary N) is 1. The molecule has 0 aromatic carbocycles. The zero-order valence-corrected chi connectivity index (χ0v) is 12.3. The summed E-state index contributed by atoms with van der Waals surface area (Å²) in [5, 5.41) is 0. The normalized spacial score (nSPS) is 12.5. The number of carbonyl (C=O) groups is 1. The van der Waals surface area contributed by atoms with Gasteiger partial charge in [-0.05, 0) is 39.6 Å². The van der Waals surface area contributed by atoms with E-state index >= 15 is 0 Å². The van der Waals surface area contributed by atoms with Gasteiger partial charge in [0.05, 0.1) is 0 Å². The van der Waals surface area contributed by atoms with E-state index in [0.29, 0.717) is 18.8 Å². The van der Waals surface area contributed by atoms with Gasteiger partial charge in [-0.1, -0.05) is 6.07 Å². The molecule has 0 bridgehead atoms. The molecule has 0 spiro atoms. The fourth-order valence-corrected chi connectivity index (χ4v) is 2.10. The minimum Gasteiger partial charge on any atom is -0.334 e. The molecular formula is C14H24N4O. The molecule has 0 aliphatic rings. The maximum Gasteiger partial charge on any atom is 0.272 e. The van der Waals surface area contributed by atoms with Gasteiger partial charge in [0, 0.05) is 31.9 Å². The number of pyridine rings is 1. The Balaban J connectivity index is 2.82. The smallest absolute Gasteiger partial charge is 0.272 e. The number of nitrogens with zero attached hydrogens (tertiary/aromatic N) is 3. The third kappa shape index (κ3) is 4.29. The van der Waals surface area contributed by atoms with E-state index in [-0.39, 0.29) is 11.9 Å². The SMILES string of the molecule is CCN(C(=O)c1ccc(CN)cn1)C(C)CN(C)C. The van der Waals surface area contributed by atoms with Crippen LogP contribution >= 0.6 is 0 Å². The lowest BCUT2D eigenvalue weighted by molar-refractivity contribution is 0.0673. The molecule has 0 aliphatic heterocycles. The molecule has 0 aliphatic carbocycles. The summed E-state index contributed by atoms with van der Waals surface area (Å²) >= 11 is 0. The van der Waals surface area contributed by atoms with E-state index in [1.807, 2.05) is 32.0 Å². The summed E-state index contributed by atoms with van der Waals surface area (Å²) in [5.74, 6) is -0.0274. The molecule has 19 heavy (non-hydrogen) atoms. The molecule has 1 heterocycles. The number of carbonyl (C=O) groups excluding carboxylic acids is 1. The van der Waals surface area contributed by atoms with Crippen LogP contribution in [0.1, 0.15) is 29.9 Å². The van der Waals surface area contributed by atoms with E-state index in [1.54, 1.807) is 12.3 Å². The molecule has 1 atom stereocenters. The van der Waals surface area contributed by atoms with Crippen LogP contribution in [-0.4, -0.2) is 53.9 Å². The van der Waals surface area contributed by atoms with Crippen molar-refractivity contribution in [3.8, 4) is 0 Å². The molecule has 5 nitrogen and oxygen atoms in total. The zero-order valence-electron chi connectivity index (χ0n) is 12.3. The standard InChI is InChI=1S/C14H24N4O/c1-5-18(11(2)10-17(3)4)14(19)13-7-6-12(8-15)9-16-13/h6-7,9,11H,5,8,10,15H2,1-4H3. The van der Waals surface area contributed by atoms with Crippen molar-refractivity contribution >= 4 is 5.91 Å². The van der Waals surface area contributed by atoms with E-state index in [1.165, 1.54) is 0 Å². The van der Waals surface area contributed by atoms with E-state index in [0.717, 1.165) is 12.1 Å². The summed E-state index contributed by atoms with van der Waals surface area (Å²) in [6.45, 7) is 5.98. The van der Waals surface area contributed by atoms with Gasteiger partial charge in [-0.3, -0.25) is 9.78 Å². The molecule has 1 aromatic rings. The Morgan fingerprint density at radius 1 is 1.42 bits per heavy atom. The van der Waals surface area contributed by atoms with Crippen molar-refractivity contribution in [2.24, 2.45) is 5.73 Å². The Morgan fingerprint density at radius 3 is 2.53 bits per heavy atom. The van der Waals surface area contributed by atoms with Crippen LogP contribution in [0.15, 0.2) is 18.3 Å². The first-order valence-electron chi connectivity index (χ1n) is 6.60. The van der Waals surface area contributed by atoms with Crippen LogP contribution in [0.3, 0.4) is 0 Å². The van der Waals surface area contributed by atoms with Gasteiger partial charge in [0.2, 0.25) is 0 Å². The van der Waals surface area contributed by atoms with Gasteiger partial charge in [0.25, 0.3) is 5.91 Å². The molecular weight excluding hydrogens is 240 g/mol. The third-order valence-electron chi connectivity index (χ3n) is 3.04. The average molecular weight is 264 g/mol. The summed E-state index contributed by atoms with van der Waals surface area (Å²) in [5.41, 5.74) is 6.93. The number of rotatable bonds is 6. The molecule has 0 fully saturated rings. The summed E-state index contributed by atoms with van der Waals surface area (Å²) < 4.78 is 0. The van der Waals surface area contributed by atoms with Gasteiger partial charge in [0.1, 0.15) is 5.69 Å². The van der Waals surface area contributed by atoms with Gasteiger partial charge in [0.15, 0.2) is 0 Å². The summed E-state index contributed by atoms with van der Waals surface area (Å²) in [6, 6.07) is 3.75. The first-order valence-corrected chi connectivity index (χ1v) is 6.60. The van der Waals surface area contributed by atoms with Gasteiger partial charge in [-0.25, -0.2) is 0 Å². The minimum absolute atomic E-state index is 0.0274. The summed E-state index contributed by atoms with van der Waals surface area (Å²) in [7, 11) is 4.01. The molecule has 0 saturated heterocycles. The highest BCUT2D eigenvalue weighted by Gasteiger charge is 2.21. The molecule has 1 aromatic heterocycles. The monoisotopic (exact) mass is 264 g/mol. The predicted octanol–water partition coefficient (Wildman–Crippen LogP) is 0.953. The number of hydrogen-bond acceptors (Lipinski definition) is 4. The Morgan fingerprint density at radius 2 is 2.11 bits per heavy atom. The van der Waals surface area contributed by atoms with Crippen molar-refractivity contribution in [3.63, 3.8) is 0 Å². The maximum atomic E-state index is 12.4. The lowest BCUT2D eigenvalue weighted by atomic mass is 10.2. The van der Waals surface area contributed by atoms with Gasteiger partial charge < -0.3 is 15.5 Å². The maximum absolute atomic E-state index is 12.4. The van der Waals surface area contributed by atoms with E-state index in [4.69, 9.17) is 5.73 Å². The Kier molecular flexibility index (Phi) is 5.92. The van der Waals surface area contributed by atoms with Crippen molar-refractivity contribution in [1.29, 1.82) is 0 Å². The number of likely N-dealkylation sites (N-methyl/N-ethyl adjacent to an activating group) is 2. The van der Waals surface area contributed by atoms with E-state index in [9.17, 15) is 4.79 Å². The summed E-state index contributed by atoms with van der Waals surface area (Å²) in [4.78, 5) is 20.5. The van der Waals surface area contributed by atoms with Crippen LogP contribution in [0.25, 0.3) is 0 Å². The zero-order chi connectivity index (χ0) is 14.4. The number of hydrogen-bond donors (Lipinski definition) is 1. The van der Waals surface area contributed by atoms with Gasteiger partial charge >= 0.3 is 0 Å². The van der Waals surface area contributed by atoms with Crippen molar-refractivity contribution in [3.05, 3.63) is 29.6 Å². The predicted molar refractivity (Wildman–Crippen MR) is 76.9 cm³/mol. The molecule has 1 amide bonds. The Bertz CT molecular complexity index is 402. The quantitative estimate of drug-likeness (QED) is 0.831. The molecule has 1 unspecified atom stereocenters. The second-order valence-electron chi connectivity index (χ2n) is 4.96. The minimum atomic E-state index is -0.0274. The van der Waals surface area contributed by atoms with Gasteiger partial charge in [-0.2, -0.15) is 0 Å². The molecule has 0 saturated carbocycles. The Labute approximate surface area is 115 Å². The van der Waals surface area contributed by atoms with Crippen molar-refractivity contribution < 1.29 is 4.79 Å².